The van der Waals surface area contributed by atoms with Crippen LogP contribution in [0.4, 0.5) is 0 Å². The molecule has 1 aromatic carbocycles. The molecule has 0 unspecified atom stereocenters. The fourth-order valence-electron chi connectivity index (χ4n) is 6.25. The van der Waals surface area contributed by atoms with Crippen molar-refractivity contribution in [1.29, 1.82) is 0 Å². The van der Waals surface area contributed by atoms with E-state index in [4.69, 9.17) is 14.2 Å². The first-order chi connectivity index (χ1) is 19.0. The summed E-state index contributed by atoms with van der Waals surface area (Å²) in [5.41, 5.74) is 1.03. The Bertz CT molecular complexity index is 860. The van der Waals surface area contributed by atoms with Crippen LogP contribution in [0.5, 0.6) is 5.75 Å². The molecule has 218 valence electrons. The minimum absolute atomic E-state index is 0.0550. The molecule has 2 aliphatic rings. The topological polar surface area (TPSA) is 61.8 Å². The molecule has 0 heterocycles. The summed E-state index contributed by atoms with van der Waals surface area (Å²) in [5, 5.41) is 0. The fourth-order valence-corrected chi connectivity index (χ4v) is 6.25. The molecule has 0 spiro atoms. The van der Waals surface area contributed by atoms with Crippen molar-refractivity contribution >= 4 is 11.9 Å². The van der Waals surface area contributed by atoms with Crippen molar-refractivity contribution in [3.63, 3.8) is 0 Å². The van der Waals surface area contributed by atoms with E-state index in [1.54, 1.807) is 19.1 Å². The second-order valence-electron chi connectivity index (χ2n) is 11.9. The maximum absolute atomic E-state index is 12.7. The molecule has 2 saturated carbocycles. The molecule has 0 N–H and O–H groups in total. The first-order valence-electron chi connectivity index (χ1n) is 15.7. The third-order valence-electron chi connectivity index (χ3n) is 8.75. The molecule has 0 amide bonds. The van der Waals surface area contributed by atoms with Crippen LogP contribution < -0.4 is 4.74 Å². The van der Waals surface area contributed by atoms with Gasteiger partial charge in [0.1, 0.15) is 11.9 Å². The van der Waals surface area contributed by atoms with E-state index in [0.717, 1.165) is 62.0 Å². The van der Waals surface area contributed by atoms with Crippen LogP contribution in [0.15, 0.2) is 36.4 Å². The predicted octanol–water partition coefficient (Wildman–Crippen LogP) is 8.85. The minimum atomic E-state index is -0.321. The highest BCUT2D eigenvalue weighted by molar-refractivity contribution is 5.89. The summed E-state index contributed by atoms with van der Waals surface area (Å²) >= 11 is 0. The molecular formula is C34H52O5. The molecule has 5 heteroatoms. The van der Waals surface area contributed by atoms with Gasteiger partial charge in [0.15, 0.2) is 0 Å². The molecular weight excluding hydrogens is 488 g/mol. The third kappa shape index (κ3) is 11.4. The Morgan fingerprint density at radius 3 is 2.03 bits per heavy atom. The van der Waals surface area contributed by atoms with Crippen LogP contribution in [0.3, 0.4) is 0 Å². The van der Waals surface area contributed by atoms with E-state index in [1.807, 2.05) is 12.1 Å². The van der Waals surface area contributed by atoms with Gasteiger partial charge in [0.05, 0.1) is 18.8 Å². The van der Waals surface area contributed by atoms with Crippen molar-refractivity contribution in [2.24, 2.45) is 17.8 Å². The quantitative estimate of drug-likeness (QED) is 0.119. The number of carbonyl (C=O) groups excluding carboxylic acids is 2. The summed E-state index contributed by atoms with van der Waals surface area (Å²) in [6, 6.07) is 7.31. The third-order valence-corrected chi connectivity index (χ3v) is 8.75. The standard InChI is InChI=1S/C34H52O5/c1-4-5-8-11-27-12-14-28(15-13-27)29-16-22-32(23-17-29)39-34(36)30-18-20-31(21-19-30)37-24-9-6-7-10-25-38-33(35)26(2)3/h18-21,27-29,32H,2,4-17,22-25H2,1,3H3. The number of unbranched alkanes of at least 4 members (excludes halogenated alkanes) is 5. The van der Waals surface area contributed by atoms with Gasteiger partial charge < -0.3 is 14.2 Å². The summed E-state index contributed by atoms with van der Waals surface area (Å²) in [5.74, 6) is 2.92. The van der Waals surface area contributed by atoms with Crippen LogP contribution >= 0.6 is 0 Å². The molecule has 0 saturated heterocycles. The number of carbonyl (C=O) groups is 2. The lowest BCUT2D eigenvalue weighted by atomic mass is 9.70. The predicted molar refractivity (Wildman–Crippen MR) is 157 cm³/mol. The van der Waals surface area contributed by atoms with Crippen LogP contribution in [0.25, 0.3) is 0 Å². The number of hydrogen-bond acceptors (Lipinski definition) is 5. The molecule has 0 aliphatic heterocycles. The maximum Gasteiger partial charge on any atom is 0.338 e. The summed E-state index contributed by atoms with van der Waals surface area (Å²) in [7, 11) is 0. The van der Waals surface area contributed by atoms with Crippen LogP contribution in [0.2, 0.25) is 0 Å². The zero-order chi connectivity index (χ0) is 27.9. The van der Waals surface area contributed by atoms with Crippen molar-refractivity contribution in [2.45, 2.75) is 123 Å². The van der Waals surface area contributed by atoms with E-state index in [1.165, 1.54) is 64.2 Å². The highest BCUT2D eigenvalue weighted by Gasteiger charge is 2.32. The lowest BCUT2D eigenvalue weighted by Gasteiger charge is -2.37. The SMILES string of the molecule is C=C(C)C(=O)OCCCCCCOc1ccc(C(=O)OC2CCC(C3CCC(CCCCC)CC3)CC2)cc1. The number of esters is 2. The highest BCUT2D eigenvalue weighted by atomic mass is 16.5. The van der Waals surface area contributed by atoms with Gasteiger partial charge >= 0.3 is 11.9 Å². The Balaban J connectivity index is 1.25. The molecule has 2 aliphatic carbocycles. The van der Waals surface area contributed by atoms with Gasteiger partial charge in [-0.25, -0.2) is 9.59 Å². The lowest BCUT2D eigenvalue weighted by molar-refractivity contribution is -0.139. The Labute approximate surface area is 237 Å². The van der Waals surface area contributed by atoms with Gasteiger partial charge in [0, 0.05) is 5.57 Å². The number of ether oxygens (including phenoxy) is 3. The second-order valence-corrected chi connectivity index (χ2v) is 11.9. The molecule has 5 nitrogen and oxygen atoms in total. The minimum Gasteiger partial charge on any atom is -0.494 e. The molecule has 1 aromatic rings. The number of hydrogen-bond donors (Lipinski definition) is 0. The van der Waals surface area contributed by atoms with Crippen molar-refractivity contribution in [3.8, 4) is 5.75 Å². The number of benzene rings is 1. The zero-order valence-corrected chi connectivity index (χ0v) is 24.6. The molecule has 0 radical (unpaired) electrons. The first kappa shape index (κ1) is 31.2. The van der Waals surface area contributed by atoms with Crippen molar-refractivity contribution in [1.82, 2.24) is 0 Å². The van der Waals surface area contributed by atoms with Crippen LogP contribution in [0.1, 0.15) is 127 Å². The normalized spacial score (nSPS) is 23.1. The fraction of sp³-hybridized carbons (Fsp3) is 0.706. The molecule has 39 heavy (non-hydrogen) atoms. The van der Waals surface area contributed by atoms with E-state index < -0.39 is 0 Å². The Morgan fingerprint density at radius 2 is 1.41 bits per heavy atom. The molecule has 0 bridgehead atoms. The van der Waals surface area contributed by atoms with E-state index in [9.17, 15) is 9.59 Å². The van der Waals surface area contributed by atoms with Gasteiger partial charge in [-0.15, -0.1) is 0 Å². The Kier molecular flexibility index (Phi) is 13.9. The average molecular weight is 541 g/mol. The van der Waals surface area contributed by atoms with Gasteiger partial charge in [0.2, 0.25) is 0 Å². The number of rotatable bonds is 16. The Hall–Kier alpha value is -2.30. The summed E-state index contributed by atoms with van der Waals surface area (Å²) in [6.07, 6.45) is 19.5. The summed E-state index contributed by atoms with van der Waals surface area (Å²) < 4.78 is 16.8. The van der Waals surface area contributed by atoms with Crippen LogP contribution in [0, 0.1) is 17.8 Å². The molecule has 3 rings (SSSR count). The first-order valence-corrected chi connectivity index (χ1v) is 15.7. The molecule has 0 atom stereocenters. The van der Waals surface area contributed by atoms with Crippen molar-refractivity contribution in [3.05, 3.63) is 42.0 Å². The largest absolute Gasteiger partial charge is 0.494 e. The highest BCUT2D eigenvalue weighted by Crippen LogP contribution is 2.41. The van der Waals surface area contributed by atoms with E-state index in [0.29, 0.717) is 24.4 Å². The van der Waals surface area contributed by atoms with E-state index >= 15 is 0 Å². The Morgan fingerprint density at radius 1 is 0.795 bits per heavy atom. The van der Waals surface area contributed by atoms with Gasteiger partial charge in [-0.2, -0.15) is 0 Å². The zero-order valence-electron chi connectivity index (χ0n) is 24.6. The van der Waals surface area contributed by atoms with Crippen molar-refractivity contribution in [2.75, 3.05) is 13.2 Å². The molecule has 0 aromatic heterocycles. The van der Waals surface area contributed by atoms with Gasteiger partial charge in [-0.1, -0.05) is 52.0 Å². The van der Waals surface area contributed by atoms with E-state index in [-0.39, 0.29) is 18.0 Å². The smallest absolute Gasteiger partial charge is 0.338 e. The summed E-state index contributed by atoms with van der Waals surface area (Å²) in [4.78, 5) is 24.1. The van der Waals surface area contributed by atoms with Crippen molar-refractivity contribution < 1.29 is 23.8 Å². The van der Waals surface area contributed by atoms with Gasteiger partial charge in [-0.3, -0.25) is 0 Å². The van der Waals surface area contributed by atoms with E-state index in [2.05, 4.69) is 13.5 Å². The summed E-state index contributed by atoms with van der Waals surface area (Å²) in [6.45, 7) is 8.58. The lowest BCUT2D eigenvalue weighted by Crippen LogP contribution is -2.29. The van der Waals surface area contributed by atoms with Crippen LogP contribution in [-0.4, -0.2) is 31.3 Å². The monoisotopic (exact) mass is 540 g/mol. The van der Waals surface area contributed by atoms with Crippen LogP contribution in [-0.2, 0) is 14.3 Å². The second kappa shape index (κ2) is 17.4. The van der Waals surface area contributed by atoms with Gasteiger partial charge in [-0.05, 0) is 113 Å². The maximum atomic E-state index is 12.7. The average Bonchev–Trinajstić information content (AvgIpc) is 2.95. The molecule has 2 fully saturated rings. The van der Waals surface area contributed by atoms with Gasteiger partial charge in [0.25, 0.3) is 0 Å².